The molecule has 7 heteroatoms. The fourth-order valence-corrected chi connectivity index (χ4v) is 2.71. The second-order valence-electron chi connectivity index (χ2n) is 4.12. The zero-order valence-electron chi connectivity index (χ0n) is 10.4. The summed E-state index contributed by atoms with van der Waals surface area (Å²) in [7, 11) is 0. The highest BCUT2D eigenvalue weighted by molar-refractivity contribution is 7.16. The molecule has 0 aliphatic carbocycles. The quantitative estimate of drug-likeness (QED) is 0.679. The fourth-order valence-electron chi connectivity index (χ4n) is 1.64. The highest BCUT2D eigenvalue weighted by Gasteiger charge is 2.14. The van der Waals surface area contributed by atoms with Crippen molar-refractivity contribution in [1.29, 1.82) is 0 Å². The largest absolute Gasteiger partial charge is 0.363 e. The molecule has 0 amide bonds. The molecule has 19 heavy (non-hydrogen) atoms. The molecule has 2 aromatic heterocycles. The van der Waals surface area contributed by atoms with Gasteiger partial charge in [-0.2, -0.15) is 0 Å². The standard InChI is InChI=1S/C12H12ClN3O2S/c1-7-6-14-12(5-9(7)16(17)18)15-8(2)10-3-4-11(13)19-10/h3-6,8H,1-2H3,(H,14,15). The number of nitrogens with zero attached hydrogens (tertiary/aromatic N) is 2. The van der Waals surface area contributed by atoms with Gasteiger partial charge in [-0.15, -0.1) is 11.3 Å². The van der Waals surface area contributed by atoms with Crippen LogP contribution in [0.5, 0.6) is 0 Å². The average Bonchev–Trinajstić information content (AvgIpc) is 2.78. The van der Waals surface area contributed by atoms with E-state index < -0.39 is 4.92 Å². The van der Waals surface area contributed by atoms with Gasteiger partial charge in [0.2, 0.25) is 0 Å². The van der Waals surface area contributed by atoms with Crippen LogP contribution in [-0.4, -0.2) is 9.91 Å². The second-order valence-corrected chi connectivity index (χ2v) is 5.87. The van der Waals surface area contributed by atoms with Gasteiger partial charge in [0.05, 0.1) is 21.4 Å². The molecule has 2 rings (SSSR count). The monoisotopic (exact) mass is 297 g/mol. The number of nitro groups is 1. The lowest BCUT2D eigenvalue weighted by molar-refractivity contribution is -0.385. The molecule has 0 aliphatic rings. The Labute approximate surface area is 119 Å². The molecular formula is C12H12ClN3O2S. The molecule has 0 fully saturated rings. The van der Waals surface area contributed by atoms with Crippen LogP contribution in [0, 0.1) is 17.0 Å². The van der Waals surface area contributed by atoms with E-state index in [1.165, 1.54) is 23.6 Å². The molecule has 5 nitrogen and oxygen atoms in total. The summed E-state index contributed by atoms with van der Waals surface area (Å²) in [5, 5.41) is 14.0. The maximum Gasteiger partial charge on any atom is 0.277 e. The van der Waals surface area contributed by atoms with Gasteiger partial charge in [-0.1, -0.05) is 11.6 Å². The number of aromatic nitrogens is 1. The first-order valence-electron chi connectivity index (χ1n) is 5.60. The summed E-state index contributed by atoms with van der Waals surface area (Å²) in [6.45, 7) is 3.62. The third kappa shape index (κ3) is 3.21. The Morgan fingerprint density at radius 1 is 1.53 bits per heavy atom. The van der Waals surface area contributed by atoms with Crippen LogP contribution in [0.3, 0.4) is 0 Å². The van der Waals surface area contributed by atoms with Crippen LogP contribution in [-0.2, 0) is 0 Å². The van der Waals surface area contributed by atoms with Crippen LogP contribution in [0.15, 0.2) is 24.4 Å². The van der Waals surface area contributed by atoms with E-state index >= 15 is 0 Å². The Morgan fingerprint density at radius 3 is 2.84 bits per heavy atom. The highest BCUT2D eigenvalue weighted by Crippen LogP contribution is 2.29. The Bertz CT molecular complexity index is 615. The highest BCUT2D eigenvalue weighted by atomic mass is 35.5. The van der Waals surface area contributed by atoms with Crippen molar-refractivity contribution in [2.24, 2.45) is 0 Å². The van der Waals surface area contributed by atoms with Gasteiger partial charge in [0.15, 0.2) is 0 Å². The van der Waals surface area contributed by atoms with Gasteiger partial charge in [-0.3, -0.25) is 10.1 Å². The SMILES string of the molecule is Cc1cnc(NC(C)c2ccc(Cl)s2)cc1[N+](=O)[O-]. The van der Waals surface area contributed by atoms with Crippen LogP contribution in [0.2, 0.25) is 4.34 Å². The molecular weight excluding hydrogens is 286 g/mol. The summed E-state index contributed by atoms with van der Waals surface area (Å²) in [5.74, 6) is 0.481. The summed E-state index contributed by atoms with van der Waals surface area (Å²) in [4.78, 5) is 15.7. The number of rotatable bonds is 4. The summed E-state index contributed by atoms with van der Waals surface area (Å²) in [5.41, 5.74) is 0.608. The molecule has 0 bridgehead atoms. The van der Waals surface area contributed by atoms with Crippen molar-refractivity contribution in [2.75, 3.05) is 5.32 Å². The molecule has 1 unspecified atom stereocenters. The van der Waals surface area contributed by atoms with E-state index in [0.717, 1.165) is 4.88 Å². The zero-order valence-corrected chi connectivity index (χ0v) is 12.0. The maximum atomic E-state index is 10.9. The van der Waals surface area contributed by atoms with Gasteiger partial charge < -0.3 is 5.32 Å². The zero-order chi connectivity index (χ0) is 14.0. The first-order chi connectivity index (χ1) is 8.97. The predicted molar refractivity (Wildman–Crippen MR) is 77.0 cm³/mol. The van der Waals surface area contributed by atoms with E-state index in [1.807, 2.05) is 19.1 Å². The lowest BCUT2D eigenvalue weighted by Gasteiger charge is -2.12. The van der Waals surface area contributed by atoms with E-state index in [-0.39, 0.29) is 11.7 Å². The van der Waals surface area contributed by atoms with E-state index in [1.54, 1.807) is 6.92 Å². The first kappa shape index (κ1) is 13.8. The summed E-state index contributed by atoms with van der Waals surface area (Å²) in [6, 6.07) is 5.19. The first-order valence-corrected chi connectivity index (χ1v) is 6.79. The third-order valence-electron chi connectivity index (χ3n) is 2.66. The number of hydrogen-bond donors (Lipinski definition) is 1. The van der Waals surface area contributed by atoms with Gasteiger partial charge in [-0.25, -0.2) is 4.98 Å². The van der Waals surface area contributed by atoms with Crippen molar-refractivity contribution in [1.82, 2.24) is 4.98 Å². The van der Waals surface area contributed by atoms with E-state index in [9.17, 15) is 10.1 Å². The Kier molecular flexibility index (Phi) is 4.01. The number of nitrogens with one attached hydrogen (secondary N) is 1. The minimum atomic E-state index is -0.408. The summed E-state index contributed by atoms with van der Waals surface area (Å²) < 4.78 is 0.714. The van der Waals surface area contributed by atoms with E-state index in [2.05, 4.69) is 10.3 Å². The van der Waals surface area contributed by atoms with Gasteiger partial charge in [0, 0.05) is 16.6 Å². The molecule has 0 saturated carbocycles. The molecule has 0 saturated heterocycles. The Balaban J connectivity index is 2.19. The number of aryl methyl sites for hydroxylation is 1. The molecule has 2 aromatic rings. The summed E-state index contributed by atoms with van der Waals surface area (Å²) in [6.07, 6.45) is 1.49. The van der Waals surface area contributed by atoms with E-state index in [4.69, 9.17) is 11.6 Å². The number of thiophene rings is 1. The van der Waals surface area contributed by atoms with Crippen molar-refractivity contribution < 1.29 is 4.92 Å². The third-order valence-corrected chi connectivity index (χ3v) is 4.07. The molecule has 1 atom stereocenters. The van der Waals surface area contributed by atoms with Crippen molar-refractivity contribution >= 4 is 34.4 Å². The number of halogens is 1. The second kappa shape index (κ2) is 5.54. The van der Waals surface area contributed by atoms with Crippen molar-refractivity contribution in [3.8, 4) is 0 Å². The molecule has 0 aliphatic heterocycles. The Morgan fingerprint density at radius 2 is 2.26 bits per heavy atom. The molecule has 2 heterocycles. The number of hydrogen-bond acceptors (Lipinski definition) is 5. The Hall–Kier alpha value is -1.66. The van der Waals surface area contributed by atoms with Gasteiger partial charge in [-0.05, 0) is 26.0 Å². The maximum absolute atomic E-state index is 10.9. The van der Waals surface area contributed by atoms with Crippen LogP contribution >= 0.6 is 22.9 Å². The van der Waals surface area contributed by atoms with Gasteiger partial charge in [0.1, 0.15) is 5.82 Å². The summed E-state index contributed by atoms with van der Waals surface area (Å²) >= 11 is 7.35. The van der Waals surface area contributed by atoms with Crippen molar-refractivity contribution in [2.45, 2.75) is 19.9 Å². The lowest BCUT2D eigenvalue weighted by Crippen LogP contribution is -2.07. The van der Waals surface area contributed by atoms with Crippen LogP contribution < -0.4 is 5.32 Å². The molecule has 0 radical (unpaired) electrons. The van der Waals surface area contributed by atoms with Crippen molar-refractivity contribution in [3.63, 3.8) is 0 Å². The van der Waals surface area contributed by atoms with Crippen molar-refractivity contribution in [3.05, 3.63) is 49.3 Å². The molecule has 0 aromatic carbocycles. The molecule has 1 N–H and O–H groups in total. The molecule has 0 spiro atoms. The molecule has 100 valence electrons. The van der Waals surface area contributed by atoms with Crippen LogP contribution in [0.1, 0.15) is 23.4 Å². The minimum absolute atomic E-state index is 0.00712. The topological polar surface area (TPSA) is 68.1 Å². The smallest absolute Gasteiger partial charge is 0.277 e. The van der Waals surface area contributed by atoms with Crippen LogP contribution in [0.4, 0.5) is 11.5 Å². The predicted octanol–water partition coefficient (Wildman–Crippen LogP) is 4.19. The normalized spacial score (nSPS) is 12.2. The van der Waals surface area contributed by atoms with Crippen LogP contribution in [0.25, 0.3) is 0 Å². The van der Waals surface area contributed by atoms with E-state index in [0.29, 0.717) is 15.7 Å². The lowest BCUT2D eigenvalue weighted by atomic mass is 10.2. The minimum Gasteiger partial charge on any atom is -0.363 e. The average molecular weight is 298 g/mol. The van der Waals surface area contributed by atoms with Gasteiger partial charge in [0.25, 0.3) is 5.69 Å². The van der Waals surface area contributed by atoms with Gasteiger partial charge >= 0.3 is 0 Å². The number of anilines is 1. The fraction of sp³-hybridized carbons (Fsp3) is 0.250. The number of pyridine rings is 1.